The van der Waals surface area contributed by atoms with Crippen LogP contribution in [-0.2, 0) is 0 Å². The summed E-state index contributed by atoms with van der Waals surface area (Å²) in [5.41, 5.74) is 0.386. The van der Waals surface area contributed by atoms with Gasteiger partial charge in [-0.25, -0.2) is 4.79 Å². The first-order valence-electron chi connectivity index (χ1n) is 5.09. The smallest absolute Gasteiger partial charge is 0.343 e. The molecule has 0 atom stereocenters. The lowest BCUT2D eigenvalue weighted by atomic mass is 10.2. The summed E-state index contributed by atoms with van der Waals surface area (Å²) in [7, 11) is 0. The lowest BCUT2D eigenvalue weighted by Gasteiger charge is -2.08. The number of ether oxygens (including phenoxy) is 1. The Kier molecular flexibility index (Phi) is 4.74. The molecule has 0 aliphatic rings. The quantitative estimate of drug-likeness (QED) is 0.499. The van der Waals surface area contributed by atoms with Gasteiger partial charge in [-0.15, -0.1) is 0 Å². The van der Waals surface area contributed by atoms with Crippen LogP contribution in [0.2, 0.25) is 15.1 Å². The van der Waals surface area contributed by atoms with Crippen LogP contribution < -0.4 is 4.74 Å². The SMILES string of the molecule is O=C(Oc1c(Cl)cc(Cl)cc1Cl)c1cccc(Br)c1. The molecule has 0 saturated heterocycles. The average Bonchev–Trinajstić information content (AvgIpc) is 2.33. The van der Waals surface area contributed by atoms with Gasteiger partial charge in [0, 0.05) is 9.50 Å². The van der Waals surface area contributed by atoms with E-state index >= 15 is 0 Å². The third kappa shape index (κ3) is 3.63. The van der Waals surface area contributed by atoms with E-state index in [2.05, 4.69) is 15.9 Å². The first-order valence-corrected chi connectivity index (χ1v) is 7.02. The first kappa shape index (κ1) is 14.7. The summed E-state index contributed by atoms with van der Waals surface area (Å²) in [5.74, 6) is -0.454. The third-order valence-corrected chi connectivity index (χ3v) is 3.49. The van der Waals surface area contributed by atoms with Gasteiger partial charge in [-0.2, -0.15) is 0 Å². The summed E-state index contributed by atoms with van der Waals surface area (Å²) in [4.78, 5) is 12.0. The van der Waals surface area contributed by atoms with Crippen molar-refractivity contribution in [1.82, 2.24) is 0 Å². The lowest BCUT2D eigenvalue weighted by Crippen LogP contribution is -2.09. The average molecular weight is 380 g/mol. The van der Waals surface area contributed by atoms with Crippen molar-refractivity contribution in [2.24, 2.45) is 0 Å². The van der Waals surface area contributed by atoms with Crippen LogP contribution in [0.4, 0.5) is 0 Å². The molecule has 0 heterocycles. The van der Waals surface area contributed by atoms with Crippen LogP contribution in [0.1, 0.15) is 10.4 Å². The van der Waals surface area contributed by atoms with Crippen LogP contribution in [0.5, 0.6) is 5.75 Å². The number of carbonyl (C=O) groups excluding carboxylic acids is 1. The van der Waals surface area contributed by atoms with Gasteiger partial charge in [-0.3, -0.25) is 0 Å². The largest absolute Gasteiger partial charge is 0.420 e. The molecule has 0 aliphatic carbocycles. The van der Waals surface area contributed by atoms with Crippen LogP contribution in [-0.4, -0.2) is 5.97 Å². The number of halogens is 4. The Morgan fingerprint density at radius 2 is 1.68 bits per heavy atom. The Labute approximate surface area is 133 Å². The summed E-state index contributed by atoms with van der Waals surface area (Å²) in [6, 6.07) is 9.71. The van der Waals surface area contributed by atoms with Crippen molar-refractivity contribution in [2.75, 3.05) is 0 Å². The molecule has 0 saturated carbocycles. The molecule has 0 radical (unpaired) electrons. The van der Waals surface area contributed by atoms with Gasteiger partial charge in [0.15, 0.2) is 5.75 Å². The number of carbonyl (C=O) groups is 1. The second-order valence-electron chi connectivity index (χ2n) is 3.60. The Morgan fingerprint density at radius 3 is 2.26 bits per heavy atom. The van der Waals surface area contributed by atoms with Gasteiger partial charge in [0.25, 0.3) is 0 Å². The molecule has 2 aromatic carbocycles. The Hall–Kier alpha value is -0.740. The maximum absolute atomic E-state index is 12.0. The molecule has 0 bridgehead atoms. The fraction of sp³-hybridized carbons (Fsp3) is 0. The molecule has 0 unspecified atom stereocenters. The van der Waals surface area contributed by atoms with E-state index < -0.39 is 5.97 Å². The molecule has 0 amide bonds. The highest BCUT2D eigenvalue weighted by Gasteiger charge is 2.15. The fourth-order valence-electron chi connectivity index (χ4n) is 1.39. The van der Waals surface area contributed by atoms with Gasteiger partial charge in [0.2, 0.25) is 0 Å². The number of hydrogen-bond acceptors (Lipinski definition) is 2. The van der Waals surface area contributed by atoms with Crippen LogP contribution in [0.3, 0.4) is 0 Å². The highest BCUT2D eigenvalue weighted by atomic mass is 79.9. The monoisotopic (exact) mass is 378 g/mol. The number of rotatable bonds is 2. The summed E-state index contributed by atoms with van der Waals surface area (Å²) in [5, 5.41) is 0.735. The van der Waals surface area contributed by atoms with Crippen molar-refractivity contribution < 1.29 is 9.53 Å². The summed E-state index contributed by atoms with van der Waals surface area (Å²) < 4.78 is 5.96. The van der Waals surface area contributed by atoms with E-state index in [-0.39, 0.29) is 15.8 Å². The van der Waals surface area contributed by atoms with Gasteiger partial charge in [0.05, 0.1) is 15.6 Å². The van der Waals surface area contributed by atoms with Crippen molar-refractivity contribution in [3.8, 4) is 5.75 Å². The minimum absolute atomic E-state index is 0.0951. The molecular weight excluding hydrogens is 374 g/mol. The molecule has 19 heavy (non-hydrogen) atoms. The highest BCUT2D eigenvalue weighted by molar-refractivity contribution is 9.10. The molecule has 2 rings (SSSR count). The maximum atomic E-state index is 12.0. The normalized spacial score (nSPS) is 10.3. The van der Waals surface area contributed by atoms with Crippen molar-refractivity contribution in [2.45, 2.75) is 0 Å². The zero-order valence-corrected chi connectivity index (χ0v) is 13.1. The molecule has 0 aromatic heterocycles. The van der Waals surface area contributed by atoms with Crippen molar-refractivity contribution in [3.63, 3.8) is 0 Å². The minimum atomic E-state index is -0.549. The molecule has 6 heteroatoms. The number of benzene rings is 2. The van der Waals surface area contributed by atoms with Gasteiger partial charge >= 0.3 is 5.97 Å². The van der Waals surface area contributed by atoms with E-state index in [9.17, 15) is 4.79 Å². The molecule has 0 aliphatic heterocycles. The maximum Gasteiger partial charge on any atom is 0.343 e. The molecule has 0 fully saturated rings. The van der Waals surface area contributed by atoms with Gasteiger partial charge < -0.3 is 4.74 Å². The summed E-state index contributed by atoms with van der Waals surface area (Å²) >= 11 is 20.9. The molecule has 2 aromatic rings. The van der Waals surface area contributed by atoms with E-state index in [1.807, 2.05) is 0 Å². The van der Waals surface area contributed by atoms with Gasteiger partial charge in [-0.1, -0.05) is 56.8 Å². The van der Waals surface area contributed by atoms with Crippen LogP contribution in [0, 0.1) is 0 Å². The van der Waals surface area contributed by atoms with E-state index in [1.54, 1.807) is 24.3 Å². The summed E-state index contributed by atoms with van der Waals surface area (Å²) in [6.45, 7) is 0. The fourth-order valence-corrected chi connectivity index (χ4v) is 2.69. The van der Waals surface area contributed by atoms with Crippen LogP contribution in [0.15, 0.2) is 40.9 Å². The predicted octanol–water partition coefficient (Wildman–Crippen LogP) is 5.63. The molecular formula is C13H6BrCl3O2. The lowest BCUT2D eigenvalue weighted by molar-refractivity contribution is 0.0735. The van der Waals surface area contributed by atoms with Crippen molar-refractivity contribution >= 4 is 56.7 Å². The second-order valence-corrected chi connectivity index (χ2v) is 5.76. The zero-order chi connectivity index (χ0) is 14.0. The molecule has 2 nitrogen and oxygen atoms in total. The van der Waals surface area contributed by atoms with Crippen LogP contribution in [0.25, 0.3) is 0 Å². The predicted molar refractivity (Wildman–Crippen MR) is 80.6 cm³/mol. The van der Waals surface area contributed by atoms with E-state index in [1.165, 1.54) is 12.1 Å². The number of hydrogen-bond donors (Lipinski definition) is 0. The van der Waals surface area contributed by atoms with Gasteiger partial charge in [0.1, 0.15) is 0 Å². The third-order valence-electron chi connectivity index (χ3n) is 2.22. The minimum Gasteiger partial charge on any atom is -0.420 e. The van der Waals surface area contributed by atoms with Crippen LogP contribution >= 0.6 is 50.7 Å². The molecule has 98 valence electrons. The van der Waals surface area contributed by atoms with E-state index in [0.717, 1.165) is 4.47 Å². The Bertz CT molecular complexity index is 621. The summed E-state index contributed by atoms with van der Waals surface area (Å²) in [6.07, 6.45) is 0. The molecule has 0 N–H and O–H groups in total. The second kappa shape index (κ2) is 6.14. The topological polar surface area (TPSA) is 26.3 Å². The zero-order valence-electron chi connectivity index (χ0n) is 9.29. The highest BCUT2D eigenvalue weighted by Crippen LogP contribution is 2.36. The van der Waals surface area contributed by atoms with E-state index in [4.69, 9.17) is 39.5 Å². The van der Waals surface area contributed by atoms with Gasteiger partial charge in [-0.05, 0) is 30.3 Å². The molecule has 0 spiro atoms. The standard InChI is InChI=1S/C13H6BrCl3O2/c14-8-3-1-2-7(4-8)13(18)19-12-10(16)5-9(15)6-11(12)17/h1-6H. The van der Waals surface area contributed by atoms with Crippen molar-refractivity contribution in [1.29, 1.82) is 0 Å². The van der Waals surface area contributed by atoms with E-state index in [0.29, 0.717) is 10.6 Å². The Morgan fingerprint density at radius 1 is 1.05 bits per heavy atom. The van der Waals surface area contributed by atoms with Crippen molar-refractivity contribution in [3.05, 3.63) is 61.5 Å². The Balaban J connectivity index is 2.29. The first-order chi connectivity index (χ1) is 8.97. The number of esters is 1.